The molecule has 1 fully saturated rings. The highest BCUT2D eigenvalue weighted by Gasteiger charge is 2.67. The first-order valence-electron chi connectivity index (χ1n) is 5.55. The molecule has 1 atom stereocenters. The van der Waals surface area contributed by atoms with E-state index in [0.29, 0.717) is 18.7 Å². The van der Waals surface area contributed by atoms with Gasteiger partial charge in [-0.2, -0.15) is 11.8 Å². The molecule has 1 amide bonds. The number of amides is 1. The van der Waals surface area contributed by atoms with E-state index in [1.807, 2.05) is 0 Å². The van der Waals surface area contributed by atoms with E-state index in [9.17, 15) is 9.90 Å². The normalized spacial score (nSPS) is 26.7. The molecule has 0 aromatic carbocycles. The third-order valence-electron chi connectivity index (χ3n) is 2.75. The zero-order valence-corrected chi connectivity index (χ0v) is 12.7. The van der Waals surface area contributed by atoms with Gasteiger partial charge in [-0.25, -0.2) is 0 Å². The van der Waals surface area contributed by atoms with Gasteiger partial charge < -0.3 is 10.4 Å². The number of rotatable bonds is 6. The Kier molecular flexibility index (Phi) is 4.68. The highest BCUT2D eigenvalue weighted by molar-refractivity contribution is 7.99. The molecule has 0 spiro atoms. The highest BCUT2D eigenvalue weighted by Crippen LogP contribution is 2.63. The summed E-state index contributed by atoms with van der Waals surface area (Å²) in [7, 11) is 0. The number of alkyl halides is 2. The summed E-state index contributed by atoms with van der Waals surface area (Å²) in [4.78, 5) is 11.8. The van der Waals surface area contributed by atoms with Gasteiger partial charge in [0.05, 0.1) is 11.0 Å². The predicted octanol–water partition coefficient (Wildman–Crippen LogP) is 2.19. The molecule has 1 rings (SSSR count). The van der Waals surface area contributed by atoms with Crippen molar-refractivity contribution < 1.29 is 9.90 Å². The SMILES string of the molecule is CC(C)(O)CSCCNC(=O)C1(C)CC1(Cl)Cl. The molecule has 0 aliphatic heterocycles. The summed E-state index contributed by atoms with van der Waals surface area (Å²) in [6.07, 6.45) is 0.506. The van der Waals surface area contributed by atoms with Crippen LogP contribution in [0.25, 0.3) is 0 Å². The lowest BCUT2D eigenvalue weighted by Crippen LogP contribution is -2.35. The fraction of sp³-hybridized carbons (Fsp3) is 0.909. The lowest BCUT2D eigenvalue weighted by Gasteiger charge is -2.16. The Labute approximate surface area is 117 Å². The summed E-state index contributed by atoms with van der Waals surface area (Å²) in [5.74, 6) is 1.32. The van der Waals surface area contributed by atoms with Gasteiger partial charge in [0.2, 0.25) is 5.91 Å². The standard InChI is InChI=1S/C11H19Cl2NO2S/c1-9(2,16)7-17-5-4-14-8(15)10(3)6-11(10,12)13/h16H,4-7H2,1-3H3,(H,14,15). The van der Waals surface area contributed by atoms with Gasteiger partial charge in [0.15, 0.2) is 0 Å². The van der Waals surface area contributed by atoms with E-state index in [0.717, 1.165) is 5.75 Å². The zero-order valence-electron chi connectivity index (χ0n) is 10.3. The van der Waals surface area contributed by atoms with Crippen LogP contribution in [0.2, 0.25) is 0 Å². The van der Waals surface area contributed by atoms with E-state index in [1.165, 1.54) is 0 Å². The van der Waals surface area contributed by atoms with Gasteiger partial charge in [-0.05, 0) is 27.2 Å². The van der Waals surface area contributed by atoms with Gasteiger partial charge in [0, 0.05) is 18.1 Å². The number of nitrogens with one attached hydrogen (secondary N) is 1. The maximum atomic E-state index is 11.8. The molecule has 1 unspecified atom stereocenters. The summed E-state index contributed by atoms with van der Waals surface area (Å²) >= 11 is 13.4. The quantitative estimate of drug-likeness (QED) is 0.584. The summed E-state index contributed by atoms with van der Waals surface area (Å²) in [6.45, 7) is 5.86. The lowest BCUT2D eigenvalue weighted by molar-refractivity contribution is -0.125. The third-order valence-corrected chi connectivity index (χ3v) is 5.25. The predicted molar refractivity (Wildman–Crippen MR) is 73.8 cm³/mol. The molecule has 0 saturated heterocycles. The van der Waals surface area contributed by atoms with Crippen LogP contribution in [-0.4, -0.2) is 39.0 Å². The fourth-order valence-electron chi connectivity index (χ4n) is 1.40. The molecule has 0 bridgehead atoms. The van der Waals surface area contributed by atoms with Crippen molar-refractivity contribution in [3.63, 3.8) is 0 Å². The van der Waals surface area contributed by atoms with E-state index in [1.54, 1.807) is 32.5 Å². The van der Waals surface area contributed by atoms with Crippen LogP contribution in [0.15, 0.2) is 0 Å². The second-order valence-corrected chi connectivity index (χ2v) is 7.92. The average molecular weight is 300 g/mol. The van der Waals surface area contributed by atoms with Crippen LogP contribution in [0, 0.1) is 5.41 Å². The zero-order chi connectivity index (χ0) is 13.3. The number of hydrogen-bond donors (Lipinski definition) is 2. The van der Waals surface area contributed by atoms with Crippen LogP contribution in [0.3, 0.4) is 0 Å². The van der Waals surface area contributed by atoms with Gasteiger partial charge in [-0.1, -0.05) is 0 Å². The van der Waals surface area contributed by atoms with Crippen molar-refractivity contribution in [1.82, 2.24) is 5.32 Å². The Morgan fingerprint density at radius 1 is 1.53 bits per heavy atom. The third kappa shape index (κ3) is 4.19. The van der Waals surface area contributed by atoms with Crippen molar-refractivity contribution in [1.29, 1.82) is 0 Å². The van der Waals surface area contributed by atoms with Crippen molar-refractivity contribution in [3.05, 3.63) is 0 Å². The molecule has 0 aromatic rings. The average Bonchev–Trinajstić information content (AvgIpc) is 2.64. The van der Waals surface area contributed by atoms with Crippen molar-refractivity contribution in [2.24, 2.45) is 5.41 Å². The lowest BCUT2D eigenvalue weighted by atomic mass is 10.1. The maximum absolute atomic E-state index is 11.8. The highest BCUT2D eigenvalue weighted by atomic mass is 35.5. The first-order chi connectivity index (χ1) is 7.58. The van der Waals surface area contributed by atoms with Crippen LogP contribution < -0.4 is 5.32 Å². The Balaban J connectivity index is 2.15. The van der Waals surface area contributed by atoms with Crippen molar-refractivity contribution >= 4 is 40.9 Å². The molecule has 6 heteroatoms. The molecule has 1 aliphatic carbocycles. The van der Waals surface area contributed by atoms with E-state index < -0.39 is 15.3 Å². The van der Waals surface area contributed by atoms with E-state index in [2.05, 4.69) is 5.32 Å². The molecular formula is C11H19Cl2NO2S. The first kappa shape index (κ1) is 15.4. The first-order valence-corrected chi connectivity index (χ1v) is 7.46. The van der Waals surface area contributed by atoms with Gasteiger partial charge in [-0.3, -0.25) is 4.79 Å². The molecule has 17 heavy (non-hydrogen) atoms. The summed E-state index contributed by atoms with van der Waals surface area (Å²) in [6, 6.07) is 0. The minimum absolute atomic E-state index is 0.0913. The Morgan fingerprint density at radius 3 is 2.47 bits per heavy atom. The van der Waals surface area contributed by atoms with Crippen LogP contribution in [0.1, 0.15) is 27.2 Å². The second kappa shape index (κ2) is 5.16. The number of halogens is 2. The van der Waals surface area contributed by atoms with Crippen LogP contribution >= 0.6 is 35.0 Å². The Bertz CT molecular complexity index is 304. The van der Waals surface area contributed by atoms with Gasteiger partial charge in [0.1, 0.15) is 4.33 Å². The molecule has 1 saturated carbocycles. The molecular weight excluding hydrogens is 281 g/mol. The van der Waals surface area contributed by atoms with Crippen molar-refractivity contribution in [3.8, 4) is 0 Å². The molecule has 0 aromatic heterocycles. The molecule has 0 radical (unpaired) electrons. The minimum atomic E-state index is -0.905. The van der Waals surface area contributed by atoms with E-state index in [4.69, 9.17) is 23.2 Å². The molecule has 3 nitrogen and oxygen atoms in total. The minimum Gasteiger partial charge on any atom is -0.390 e. The molecule has 2 N–H and O–H groups in total. The van der Waals surface area contributed by atoms with Crippen molar-refractivity contribution in [2.45, 2.75) is 37.1 Å². The Hall–Kier alpha value is 0.360. The van der Waals surface area contributed by atoms with Crippen LogP contribution in [0.5, 0.6) is 0 Å². The number of carbonyl (C=O) groups is 1. The number of thioether (sulfide) groups is 1. The van der Waals surface area contributed by atoms with Gasteiger partial charge in [0.25, 0.3) is 0 Å². The van der Waals surface area contributed by atoms with E-state index in [-0.39, 0.29) is 5.91 Å². The van der Waals surface area contributed by atoms with Crippen LogP contribution in [0.4, 0.5) is 0 Å². The summed E-state index contributed by atoms with van der Waals surface area (Å²) in [5.41, 5.74) is -1.31. The van der Waals surface area contributed by atoms with Crippen molar-refractivity contribution in [2.75, 3.05) is 18.1 Å². The summed E-state index contributed by atoms with van der Waals surface area (Å²) in [5, 5.41) is 12.3. The van der Waals surface area contributed by atoms with Crippen LogP contribution in [-0.2, 0) is 4.79 Å². The molecule has 0 heterocycles. The van der Waals surface area contributed by atoms with E-state index >= 15 is 0 Å². The van der Waals surface area contributed by atoms with Gasteiger partial charge >= 0.3 is 0 Å². The monoisotopic (exact) mass is 299 g/mol. The smallest absolute Gasteiger partial charge is 0.229 e. The Morgan fingerprint density at radius 2 is 2.06 bits per heavy atom. The van der Waals surface area contributed by atoms with Gasteiger partial charge in [-0.15, -0.1) is 23.2 Å². The fourth-order valence-corrected chi connectivity index (χ4v) is 3.00. The summed E-state index contributed by atoms with van der Waals surface area (Å²) < 4.78 is -0.905. The number of hydrogen-bond acceptors (Lipinski definition) is 3. The number of carbonyl (C=O) groups excluding carboxylic acids is 1. The maximum Gasteiger partial charge on any atom is 0.229 e. The topological polar surface area (TPSA) is 49.3 Å². The molecule has 1 aliphatic rings. The largest absolute Gasteiger partial charge is 0.390 e. The number of aliphatic hydroxyl groups is 1. The second-order valence-electron chi connectivity index (χ2n) is 5.33. The molecule has 100 valence electrons.